The van der Waals surface area contributed by atoms with Crippen LogP contribution in [0.4, 0.5) is 0 Å². The number of benzene rings is 1. The number of rotatable bonds is 7. The monoisotopic (exact) mass is 355 g/mol. The number of carboxylic acid groups (broad SMARTS) is 1. The van der Waals surface area contributed by atoms with E-state index in [1.165, 1.54) is 24.4 Å². The van der Waals surface area contributed by atoms with E-state index in [9.17, 15) is 14.4 Å². The number of carbonyl (C=O) groups is 3. The van der Waals surface area contributed by atoms with Crippen molar-refractivity contribution < 1.29 is 24.2 Å². The third-order valence-corrected chi connectivity index (χ3v) is 3.12. The van der Waals surface area contributed by atoms with Crippen LogP contribution >= 0.6 is 11.6 Å². The first kappa shape index (κ1) is 19.4. The molecule has 0 aromatic heterocycles. The number of ether oxygens (including phenoxy) is 1. The van der Waals surface area contributed by atoms with Gasteiger partial charge in [0.05, 0.1) is 6.21 Å². The smallest absolute Gasteiger partial charge is 0.341 e. The summed E-state index contributed by atoms with van der Waals surface area (Å²) in [5, 5.41) is 15.2. The fourth-order valence-corrected chi connectivity index (χ4v) is 1.67. The number of halogens is 1. The van der Waals surface area contributed by atoms with E-state index in [0.29, 0.717) is 17.0 Å². The van der Waals surface area contributed by atoms with Crippen LogP contribution in [0.3, 0.4) is 0 Å². The third kappa shape index (κ3) is 6.66. The summed E-state index contributed by atoms with van der Waals surface area (Å²) in [7, 11) is 0. The minimum atomic E-state index is -1.14. The van der Waals surface area contributed by atoms with Gasteiger partial charge in [-0.1, -0.05) is 18.5 Å². The molecule has 3 N–H and O–H groups in total. The minimum absolute atomic E-state index is 0.129. The highest BCUT2D eigenvalue weighted by Crippen LogP contribution is 2.21. The molecule has 1 aromatic carbocycles. The van der Waals surface area contributed by atoms with Gasteiger partial charge in [0.15, 0.2) is 6.61 Å². The molecule has 0 spiro atoms. The maximum absolute atomic E-state index is 11.6. The Bertz CT molecular complexity index is 648. The Kier molecular flexibility index (Phi) is 7.70. The number of carbonyl (C=O) groups excluding carboxylic acids is 2. The molecule has 0 aliphatic heterocycles. The Balaban J connectivity index is 2.72. The molecule has 0 aliphatic carbocycles. The lowest BCUT2D eigenvalue weighted by atomic mass is 10.2. The third-order valence-electron chi connectivity index (χ3n) is 2.89. The van der Waals surface area contributed by atoms with Crippen molar-refractivity contribution in [1.82, 2.24) is 10.7 Å². The molecule has 8 nitrogen and oxygen atoms in total. The van der Waals surface area contributed by atoms with E-state index in [4.69, 9.17) is 21.4 Å². The second-order valence-electron chi connectivity index (χ2n) is 4.85. The van der Waals surface area contributed by atoms with Crippen molar-refractivity contribution in [2.45, 2.75) is 26.3 Å². The van der Waals surface area contributed by atoms with Gasteiger partial charge in [0.2, 0.25) is 0 Å². The minimum Gasteiger partial charge on any atom is -0.481 e. The van der Waals surface area contributed by atoms with Crippen molar-refractivity contribution in [3.63, 3.8) is 0 Å². The van der Waals surface area contributed by atoms with Crippen LogP contribution in [0.15, 0.2) is 23.3 Å². The molecule has 0 bridgehead atoms. The van der Waals surface area contributed by atoms with Crippen molar-refractivity contribution in [3.8, 4) is 5.75 Å². The number of nitrogens with one attached hydrogen (secondary N) is 2. The number of hydrogen-bond donors (Lipinski definition) is 3. The quantitative estimate of drug-likeness (QED) is 0.385. The van der Waals surface area contributed by atoms with Crippen molar-refractivity contribution in [2.75, 3.05) is 6.61 Å². The average Bonchev–Trinajstić information content (AvgIpc) is 2.53. The van der Waals surface area contributed by atoms with E-state index in [0.717, 1.165) is 0 Å². The van der Waals surface area contributed by atoms with E-state index >= 15 is 0 Å². The summed E-state index contributed by atoms with van der Waals surface area (Å²) in [6.45, 7) is 3.11. The summed E-state index contributed by atoms with van der Waals surface area (Å²) in [5.41, 5.74) is 2.43. The summed E-state index contributed by atoms with van der Waals surface area (Å²) >= 11 is 5.86. The standard InChI is InChI=1S/C15H18ClN3O5/c1-3-9(2)18-14(22)15(23)19-17-7-10-6-11(16)4-5-12(10)24-8-13(20)21/h4-7,9H,3,8H2,1-2H3,(H,18,22)(H,19,23)(H,20,21)/b17-7-/t9-/m1/s1. The van der Waals surface area contributed by atoms with E-state index in [2.05, 4.69) is 15.8 Å². The predicted octanol–water partition coefficient (Wildman–Crippen LogP) is 1.17. The Morgan fingerprint density at radius 1 is 1.38 bits per heavy atom. The van der Waals surface area contributed by atoms with Crippen LogP contribution in [0.1, 0.15) is 25.8 Å². The van der Waals surface area contributed by atoms with Crippen molar-refractivity contribution in [2.24, 2.45) is 5.10 Å². The number of aliphatic carboxylic acids is 1. The molecule has 0 saturated carbocycles. The zero-order valence-corrected chi connectivity index (χ0v) is 14.0. The van der Waals surface area contributed by atoms with Gasteiger partial charge in [-0.15, -0.1) is 0 Å². The molecule has 1 aromatic rings. The van der Waals surface area contributed by atoms with E-state index < -0.39 is 24.4 Å². The number of amides is 2. The van der Waals surface area contributed by atoms with Crippen LogP contribution in [-0.4, -0.2) is 41.8 Å². The van der Waals surface area contributed by atoms with Crippen molar-refractivity contribution in [3.05, 3.63) is 28.8 Å². The predicted molar refractivity (Wildman–Crippen MR) is 88.2 cm³/mol. The topological polar surface area (TPSA) is 117 Å². The van der Waals surface area contributed by atoms with E-state index in [1.54, 1.807) is 6.92 Å². The number of nitrogens with zero attached hydrogens (tertiary/aromatic N) is 1. The SMILES string of the molecule is CC[C@@H](C)NC(=O)C(=O)N/N=C\c1cc(Cl)ccc1OCC(=O)O. The van der Waals surface area contributed by atoms with Gasteiger partial charge in [-0.25, -0.2) is 10.2 Å². The molecular weight excluding hydrogens is 338 g/mol. The zero-order valence-electron chi connectivity index (χ0n) is 13.2. The first-order valence-corrected chi connectivity index (χ1v) is 7.49. The lowest BCUT2D eigenvalue weighted by Crippen LogP contribution is -2.41. The highest BCUT2D eigenvalue weighted by molar-refractivity contribution is 6.35. The van der Waals surface area contributed by atoms with Crippen LogP contribution < -0.4 is 15.5 Å². The molecule has 0 fully saturated rings. The number of hydrazone groups is 1. The molecular formula is C15H18ClN3O5. The lowest BCUT2D eigenvalue weighted by Gasteiger charge is -2.09. The van der Waals surface area contributed by atoms with Crippen LogP contribution in [-0.2, 0) is 14.4 Å². The fraction of sp³-hybridized carbons (Fsp3) is 0.333. The molecule has 0 heterocycles. The number of hydrogen-bond acceptors (Lipinski definition) is 5. The Labute approximate surface area is 143 Å². The Morgan fingerprint density at radius 2 is 2.08 bits per heavy atom. The average molecular weight is 356 g/mol. The van der Waals surface area contributed by atoms with E-state index in [-0.39, 0.29) is 11.8 Å². The van der Waals surface area contributed by atoms with Crippen LogP contribution in [0.5, 0.6) is 5.75 Å². The van der Waals surface area contributed by atoms with Gasteiger partial charge in [0.25, 0.3) is 0 Å². The van der Waals surface area contributed by atoms with E-state index in [1.807, 2.05) is 6.92 Å². The lowest BCUT2D eigenvalue weighted by molar-refractivity contribution is -0.139. The highest BCUT2D eigenvalue weighted by atomic mass is 35.5. The second-order valence-corrected chi connectivity index (χ2v) is 5.28. The summed E-state index contributed by atoms with van der Waals surface area (Å²) in [4.78, 5) is 33.7. The van der Waals surface area contributed by atoms with Crippen LogP contribution in [0, 0.1) is 0 Å². The highest BCUT2D eigenvalue weighted by Gasteiger charge is 2.14. The molecule has 130 valence electrons. The molecule has 2 amide bonds. The molecule has 0 unspecified atom stereocenters. The van der Waals surface area contributed by atoms with Gasteiger partial charge < -0.3 is 15.2 Å². The molecule has 1 rings (SSSR count). The van der Waals surface area contributed by atoms with Gasteiger partial charge in [-0.3, -0.25) is 9.59 Å². The van der Waals surface area contributed by atoms with Gasteiger partial charge in [0.1, 0.15) is 5.75 Å². The normalized spacial score (nSPS) is 11.8. The van der Waals surface area contributed by atoms with Gasteiger partial charge in [-0.2, -0.15) is 5.10 Å². The maximum atomic E-state index is 11.6. The first-order valence-electron chi connectivity index (χ1n) is 7.11. The molecule has 0 saturated heterocycles. The molecule has 0 aliphatic rings. The Hall–Kier alpha value is -2.61. The van der Waals surface area contributed by atoms with Crippen molar-refractivity contribution in [1.29, 1.82) is 0 Å². The Morgan fingerprint density at radius 3 is 2.71 bits per heavy atom. The van der Waals surface area contributed by atoms with Gasteiger partial charge >= 0.3 is 17.8 Å². The summed E-state index contributed by atoms with van der Waals surface area (Å²) < 4.78 is 5.08. The second kappa shape index (κ2) is 9.51. The number of carboxylic acids is 1. The largest absolute Gasteiger partial charge is 0.481 e. The van der Waals surface area contributed by atoms with Crippen LogP contribution in [0.2, 0.25) is 5.02 Å². The summed E-state index contributed by atoms with van der Waals surface area (Å²) in [6.07, 6.45) is 1.90. The fourth-order valence-electron chi connectivity index (χ4n) is 1.49. The summed E-state index contributed by atoms with van der Waals surface area (Å²) in [6, 6.07) is 4.35. The molecule has 1 atom stereocenters. The molecule has 9 heteroatoms. The first-order chi connectivity index (χ1) is 11.3. The van der Waals surface area contributed by atoms with Gasteiger partial charge in [-0.05, 0) is 31.5 Å². The summed E-state index contributed by atoms with van der Waals surface area (Å²) in [5.74, 6) is -2.62. The van der Waals surface area contributed by atoms with Crippen molar-refractivity contribution >= 4 is 35.6 Å². The molecule has 0 radical (unpaired) electrons. The maximum Gasteiger partial charge on any atom is 0.341 e. The zero-order chi connectivity index (χ0) is 18.1. The molecule has 24 heavy (non-hydrogen) atoms. The van der Waals surface area contributed by atoms with Crippen LogP contribution in [0.25, 0.3) is 0 Å². The van der Waals surface area contributed by atoms with Gasteiger partial charge in [0, 0.05) is 16.6 Å².